The van der Waals surface area contributed by atoms with Gasteiger partial charge >= 0.3 is 0 Å². The highest BCUT2D eigenvalue weighted by molar-refractivity contribution is 4.95. The highest BCUT2D eigenvalue weighted by Gasteiger charge is 2.44. The lowest BCUT2D eigenvalue weighted by atomic mass is 9.56. The van der Waals surface area contributed by atoms with Crippen molar-refractivity contribution in [2.24, 2.45) is 16.7 Å². The Bertz CT molecular complexity index is 172. The molecule has 0 rings (SSSR count). The maximum absolute atomic E-state index is 3.40. The maximum atomic E-state index is 3.40. The quantitative estimate of drug-likeness (QED) is 0.672. The van der Waals surface area contributed by atoms with Gasteiger partial charge in [0.15, 0.2) is 0 Å². The molecule has 1 N–H and O–H groups in total. The van der Waals surface area contributed by atoms with Crippen molar-refractivity contribution in [2.75, 3.05) is 13.6 Å². The largest absolute Gasteiger partial charge is 0.319 e. The van der Waals surface area contributed by atoms with E-state index in [4.69, 9.17) is 0 Å². The Kier molecular flexibility index (Phi) is 5.87. The van der Waals surface area contributed by atoms with E-state index in [-0.39, 0.29) is 0 Å². The Balaban J connectivity index is 5.06. The molecule has 0 radical (unpaired) electrons. The van der Waals surface area contributed by atoms with Crippen molar-refractivity contribution in [3.05, 3.63) is 0 Å². The predicted molar refractivity (Wildman–Crippen MR) is 70.2 cm³/mol. The van der Waals surface area contributed by atoms with Gasteiger partial charge in [-0.3, -0.25) is 0 Å². The first-order valence-corrected chi connectivity index (χ1v) is 6.56. The zero-order valence-electron chi connectivity index (χ0n) is 11.9. The standard InChI is InChI=1S/C14H31N/c1-8-12(4)14(6,11-15-7)13(5,9-2)10-3/h12,15H,8-11H2,1-7H3. The molecular formula is C14H31N. The molecule has 1 heteroatoms. The van der Waals surface area contributed by atoms with E-state index in [1.807, 2.05) is 0 Å². The summed E-state index contributed by atoms with van der Waals surface area (Å²) in [6.45, 7) is 15.4. The molecule has 0 aliphatic rings. The van der Waals surface area contributed by atoms with Crippen LogP contribution in [-0.2, 0) is 0 Å². The van der Waals surface area contributed by atoms with Gasteiger partial charge in [-0.15, -0.1) is 0 Å². The van der Waals surface area contributed by atoms with Crippen LogP contribution in [0.3, 0.4) is 0 Å². The van der Waals surface area contributed by atoms with Crippen LogP contribution in [0.5, 0.6) is 0 Å². The van der Waals surface area contributed by atoms with E-state index in [1.165, 1.54) is 19.3 Å². The number of nitrogens with one attached hydrogen (secondary N) is 1. The molecular weight excluding hydrogens is 182 g/mol. The second-order valence-corrected chi connectivity index (χ2v) is 5.52. The summed E-state index contributed by atoms with van der Waals surface area (Å²) in [5, 5.41) is 3.40. The normalized spacial score (nSPS) is 18.6. The summed E-state index contributed by atoms with van der Waals surface area (Å²) in [7, 11) is 2.08. The minimum absolute atomic E-state index is 0.403. The van der Waals surface area contributed by atoms with Crippen molar-refractivity contribution >= 4 is 0 Å². The molecule has 0 amide bonds. The van der Waals surface area contributed by atoms with Gasteiger partial charge in [-0.05, 0) is 23.8 Å². The molecule has 2 atom stereocenters. The lowest BCUT2D eigenvalue weighted by Gasteiger charge is -2.50. The summed E-state index contributed by atoms with van der Waals surface area (Å²) < 4.78 is 0. The molecule has 0 aliphatic heterocycles. The Morgan fingerprint density at radius 2 is 1.53 bits per heavy atom. The van der Waals surface area contributed by atoms with Crippen molar-refractivity contribution in [3.63, 3.8) is 0 Å². The van der Waals surface area contributed by atoms with Crippen molar-refractivity contribution in [2.45, 2.75) is 60.8 Å². The van der Waals surface area contributed by atoms with Gasteiger partial charge in [0.05, 0.1) is 0 Å². The first-order valence-electron chi connectivity index (χ1n) is 6.56. The highest BCUT2D eigenvalue weighted by atomic mass is 14.8. The van der Waals surface area contributed by atoms with Crippen LogP contribution in [0.1, 0.15) is 60.8 Å². The third kappa shape index (κ3) is 2.75. The topological polar surface area (TPSA) is 12.0 Å². The van der Waals surface area contributed by atoms with Crippen molar-refractivity contribution < 1.29 is 0 Å². The molecule has 0 saturated carbocycles. The molecule has 0 aliphatic carbocycles. The SMILES string of the molecule is CCC(C)C(C)(CNC)C(C)(CC)CC. The third-order valence-electron chi connectivity index (χ3n) is 5.18. The van der Waals surface area contributed by atoms with Gasteiger partial charge in [-0.25, -0.2) is 0 Å². The molecule has 0 saturated heterocycles. The van der Waals surface area contributed by atoms with Gasteiger partial charge < -0.3 is 5.32 Å². The average Bonchev–Trinajstić information content (AvgIpc) is 2.26. The first kappa shape index (κ1) is 15.0. The number of hydrogen-bond acceptors (Lipinski definition) is 1. The van der Waals surface area contributed by atoms with Crippen molar-refractivity contribution in [1.29, 1.82) is 0 Å². The van der Waals surface area contributed by atoms with Crippen LogP contribution in [0.25, 0.3) is 0 Å². The van der Waals surface area contributed by atoms with E-state index < -0.39 is 0 Å². The Hall–Kier alpha value is -0.0400. The third-order valence-corrected chi connectivity index (χ3v) is 5.18. The van der Waals surface area contributed by atoms with Gasteiger partial charge in [0, 0.05) is 6.54 Å². The number of rotatable bonds is 7. The summed E-state index contributed by atoms with van der Waals surface area (Å²) in [6, 6.07) is 0. The fraction of sp³-hybridized carbons (Fsp3) is 1.00. The van der Waals surface area contributed by atoms with Gasteiger partial charge in [-0.1, -0.05) is 60.8 Å². The van der Waals surface area contributed by atoms with E-state index in [0.717, 1.165) is 12.5 Å². The second-order valence-electron chi connectivity index (χ2n) is 5.52. The summed E-state index contributed by atoms with van der Waals surface area (Å²) in [5.41, 5.74) is 0.853. The molecule has 0 heterocycles. The monoisotopic (exact) mass is 213 g/mol. The van der Waals surface area contributed by atoms with Gasteiger partial charge in [-0.2, -0.15) is 0 Å². The van der Waals surface area contributed by atoms with E-state index >= 15 is 0 Å². The fourth-order valence-corrected chi connectivity index (χ4v) is 2.86. The van der Waals surface area contributed by atoms with Gasteiger partial charge in [0.2, 0.25) is 0 Å². The van der Waals surface area contributed by atoms with Gasteiger partial charge in [0.1, 0.15) is 0 Å². The number of hydrogen-bond donors (Lipinski definition) is 1. The van der Waals surface area contributed by atoms with Crippen LogP contribution in [0.4, 0.5) is 0 Å². The minimum Gasteiger partial charge on any atom is -0.319 e. The maximum Gasteiger partial charge on any atom is 0.000992 e. The van der Waals surface area contributed by atoms with E-state index in [2.05, 4.69) is 53.9 Å². The Morgan fingerprint density at radius 1 is 1.07 bits per heavy atom. The summed E-state index contributed by atoms with van der Waals surface area (Å²) in [4.78, 5) is 0. The highest BCUT2D eigenvalue weighted by Crippen LogP contribution is 2.49. The van der Waals surface area contributed by atoms with Crippen LogP contribution in [0.15, 0.2) is 0 Å². The first-order chi connectivity index (χ1) is 6.91. The Labute approximate surface area is 97.0 Å². The molecule has 0 fully saturated rings. The van der Waals surface area contributed by atoms with Crippen molar-refractivity contribution in [3.8, 4) is 0 Å². The predicted octanol–water partition coefficient (Wildman–Crippen LogP) is 4.08. The Morgan fingerprint density at radius 3 is 1.80 bits per heavy atom. The minimum atomic E-state index is 0.403. The molecule has 0 aromatic heterocycles. The van der Waals surface area contributed by atoms with Crippen LogP contribution < -0.4 is 5.32 Å². The molecule has 0 spiro atoms. The lowest BCUT2D eigenvalue weighted by Crippen LogP contribution is -2.48. The van der Waals surface area contributed by atoms with E-state index in [1.54, 1.807) is 0 Å². The molecule has 2 unspecified atom stereocenters. The molecule has 0 aromatic rings. The van der Waals surface area contributed by atoms with Crippen molar-refractivity contribution in [1.82, 2.24) is 5.32 Å². The molecule has 92 valence electrons. The van der Waals surface area contributed by atoms with E-state index in [9.17, 15) is 0 Å². The van der Waals surface area contributed by atoms with E-state index in [0.29, 0.717) is 10.8 Å². The average molecular weight is 213 g/mol. The zero-order chi connectivity index (χ0) is 12.1. The van der Waals surface area contributed by atoms with Crippen LogP contribution in [0, 0.1) is 16.7 Å². The summed E-state index contributed by atoms with van der Waals surface area (Å²) >= 11 is 0. The molecule has 1 nitrogen and oxygen atoms in total. The van der Waals surface area contributed by atoms with Gasteiger partial charge in [0.25, 0.3) is 0 Å². The molecule has 0 aromatic carbocycles. The summed E-state index contributed by atoms with van der Waals surface area (Å²) in [5.74, 6) is 0.773. The molecule has 0 bridgehead atoms. The van der Waals surface area contributed by atoms with Crippen LogP contribution in [-0.4, -0.2) is 13.6 Å². The van der Waals surface area contributed by atoms with Crippen LogP contribution >= 0.6 is 0 Å². The second kappa shape index (κ2) is 5.89. The van der Waals surface area contributed by atoms with Crippen LogP contribution in [0.2, 0.25) is 0 Å². The fourth-order valence-electron chi connectivity index (χ4n) is 2.86. The molecule has 15 heavy (non-hydrogen) atoms. The zero-order valence-corrected chi connectivity index (χ0v) is 11.9. The lowest BCUT2D eigenvalue weighted by molar-refractivity contribution is 0.00537. The smallest absolute Gasteiger partial charge is 0.000992 e. The summed E-state index contributed by atoms with van der Waals surface area (Å²) in [6.07, 6.45) is 3.81.